The van der Waals surface area contributed by atoms with Gasteiger partial charge in [0.1, 0.15) is 9.84 Å². The first-order valence-corrected chi connectivity index (χ1v) is 10.8. The van der Waals surface area contributed by atoms with Crippen molar-refractivity contribution in [3.8, 4) is 0 Å². The molecule has 0 fully saturated rings. The predicted molar refractivity (Wildman–Crippen MR) is 84.9 cm³/mol. The van der Waals surface area contributed by atoms with E-state index in [9.17, 15) is 16.8 Å². The Morgan fingerprint density at radius 1 is 1.14 bits per heavy atom. The van der Waals surface area contributed by atoms with E-state index in [-0.39, 0.29) is 16.7 Å². The second kappa shape index (κ2) is 7.38. The number of nitrogens with one attached hydrogen (secondary N) is 1. The fraction of sp³-hybridized carbons (Fsp3) is 0.571. The average Bonchev–Trinajstić information content (AvgIpc) is 2.35. The molecule has 0 heterocycles. The zero-order chi connectivity index (χ0) is 16.1. The Bertz CT molecular complexity index is 666. The third-order valence-electron chi connectivity index (χ3n) is 3.15. The van der Waals surface area contributed by atoms with Crippen LogP contribution in [0, 0.1) is 0 Å². The maximum atomic E-state index is 11.6. The maximum Gasteiger partial charge on any atom is 0.175 e. The largest absolute Gasteiger partial charge is 0.310 e. The Kier molecular flexibility index (Phi) is 6.37. The molecule has 1 aromatic carbocycles. The van der Waals surface area contributed by atoms with Gasteiger partial charge >= 0.3 is 0 Å². The summed E-state index contributed by atoms with van der Waals surface area (Å²) in [6.45, 7) is 2.69. The van der Waals surface area contributed by atoms with E-state index in [1.807, 2.05) is 13.0 Å². The first-order chi connectivity index (χ1) is 9.63. The van der Waals surface area contributed by atoms with Crippen molar-refractivity contribution in [1.82, 2.24) is 5.32 Å². The van der Waals surface area contributed by atoms with Gasteiger partial charge in [0, 0.05) is 24.3 Å². The Morgan fingerprint density at radius 3 is 2.33 bits per heavy atom. The van der Waals surface area contributed by atoms with Crippen LogP contribution in [0.25, 0.3) is 0 Å². The lowest BCUT2D eigenvalue weighted by molar-refractivity contribution is 0.506. The van der Waals surface area contributed by atoms with Crippen molar-refractivity contribution in [3.05, 3.63) is 29.8 Å². The quantitative estimate of drug-likeness (QED) is 0.781. The van der Waals surface area contributed by atoms with E-state index in [1.54, 1.807) is 18.2 Å². The molecule has 0 radical (unpaired) electrons. The van der Waals surface area contributed by atoms with Crippen LogP contribution in [0.15, 0.2) is 29.2 Å². The van der Waals surface area contributed by atoms with Gasteiger partial charge < -0.3 is 5.32 Å². The molecule has 0 saturated heterocycles. The van der Waals surface area contributed by atoms with Crippen molar-refractivity contribution >= 4 is 19.7 Å². The van der Waals surface area contributed by atoms with Gasteiger partial charge in [-0.1, -0.05) is 19.1 Å². The van der Waals surface area contributed by atoms with Gasteiger partial charge in [-0.05, 0) is 37.1 Å². The summed E-state index contributed by atoms with van der Waals surface area (Å²) in [6.07, 6.45) is 3.59. The van der Waals surface area contributed by atoms with Crippen molar-refractivity contribution < 1.29 is 16.8 Å². The highest BCUT2D eigenvalue weighted by Gasteiger charge is 2.14. The fourth-order valence-electron chi connectivity index (χ4n) is 2.14. The lowest BCUT2D eigenvalue weighted by Gasteiger charge is -2.18. The topological polar surface area (TPSA) is 80.3 Å². The van der Waals surface area contributed by atoms with Crippen LogP contribution in [0.1, 0.15) is 31.4 Å². The van der Waals surface area contributed by atoms with E-state index in [2.05, 4.69) is 5.32 Å². The van der Waals surface area contributed by atoms with Crippen molar-refractivity contribution in [2.45, 2.75) is 30.7 Å². The second-order valence-corrected chi connectivity index (χ2v) is 9.50. The molecule has 0 saturated carbocycles. The SMILES string of the molecule is CCNC(CCCS(C)(=O)=O)c1cccc(S(C)(=O)=O)c1. The maximum absolute atomic E-state index is 11.6. The summed E-state index contributed by atoms with van der Waals surface area (Å²) in [4.78, 5) is 0.283. The van der Waals surface area contributed by atoms with Crippen LogP contribution in [-0.4, -0.2) is 41.6 Å². The van der Waals surface area contributed by atoms with Crippen molar-refractivity contribution in [3.63, 3.8) is 0 Å². The monoisotopic (exact) mass is 333 g/mol. The van der Waals surface area contributed by atoms with Crippen LogP contribution < -0.4 is 5.32 Å². The van der Waals surface area contributed by atoms with Crippen LogP contribution in [0.2, 0.25) is 0 Å². The number of rotatable bonds is 8. The highest BCUT2D eigenvalue weighted by Crippen LogP contribution is 2.22. The van der Waals surface area contributed by atoms with Gasteiger partial charge in [-0.15, -0.1) is 0 Å². The van der Waals surface area contributed by atoms with Gasteiger partial charge in [-0.3, -0.25) is 0 Å². The van der Waals surface area contributed by atoms with Gasteiger partial charge in [0.15, 0.2) is 9.84 Å². The molecule has 0 aliphatic rings. The molecular weight excluding hydrogens is 310 g/mol. The first kappa shape index (κ1) is 18.1. The van der Waals surface area contributed by atoms with E-state index in [0.29, 0.717) is 12.8 Å². The number of hydrogen-bond acceptors (Lipinski definition) is 5. The molecule has 0 bridgehead atoms. The van der Waals surface area contributed by atoms with E-state index < -0.39 is 19.7 Å². The third kappa shape index (κ3) is 6.58. The van der Waals surface area contributed by atoms with Gasteiger partial charge in [0.2, 0.25) is 0 Å². The van der Waals surface area contributed by atoms with E-state index >= 15 is 0 Å². The number of sulfone groups is 2. The summed E-state index contributed by atoms with van der Waals surface area (Å²) in [5.41, 5.74) is 0.869. The molecule has 1 aromatic rings. The molecule has 1 N–H and O–H groups in total. The van der Waals surface area contributed by atoms with Crippen molar-refractivity contribution in [1.29, 1.82) is 0 Å². The summed E-state index contributed by atoms with van der Waals surface area (Å²) in [5, 5.41) is 3.27. The Hall–Kier alpha value is -0.920. The van der Waals surface area contributed by atoms with Gasteiger partial charge in [-0.25, -0.2) is 16.8 Å². The number of hydrogen-bond donors (Lipinski definition) is 1. The van der Waals surface area contributed by atoms with Crippen LogP contribution >= 0.6 is 0 Å². The summed E-state index contributed by atoms with van der Waals surface area (Å²) in [6, 6.07) is 6.76. The molecule has 0 spiro atoms. The molecule has 0 amide bonds. The van der Waals surface area contributed by atoms with Gasteiger partial charge in [-0.2, -0.15) is 0 Å². The molecule has 21 heavy (non-hydrogen) atoms. The highest BCUT2D eigenvalue weighted by molar-refractivity contribution is 7.91. The van der Waals surface area contributed by atoms with Crippen LogP contribution in [0.5, 0.6) is 0 Å². The lowest BCUT2D eigenvalue weighted by Crippen LogP contribution is -2.22. The zero-order valence-corrected chi connectivity index (χ0v) is 14.3. The predicted octanol–water partition coefficient (Wildman–Crippen LogP) is 1.57. The minimum absolute atomic E-state index is 0.0431. The molecule has 120 valence electrons. The van der Waals surface area contributed by atoms with Gasteiger partial charge in [0.05, 0.1) is 4.90 Å². The number of benzene rings is 1. The minimum Gasteiger partial charge on any atom is -0.310 e. The fourth-order valence-corrected chi connectivity index (χ4v) is 3.51. The van der Waals surface area contributed by atoms with E-state index in [1.165, 1.54) is 12.5 Å². The van der Waals surface area contributed by atoms with Crippen LogP contribution in [0.3, 0.4) is 0 Å². The molecule has 7 heteroatoms. The molecule has 0 aliphatic heterocycles. The normalized spacial score (nSPS) is 14.0. The third-order valence-corrected chi connectivity index (χ3v) is 5.29. The van der Waals surface area contributed by atoms with Crippen LogP contribution in [0.4, 0.5) is 0 Å². The summed E-state index contributed by atoms with van der Waals surface area (Å²) >= 11 is 0. The summed E-state index contributed by atoms with van der Waals surface area (Å²) in [5.74, 6) is 0.140. The Morgan fingerprint density at radius 2 is 1.81 bits per heavy atom. The van der Waals surface area contributed by atoms with Crippen LogP contribution in [-0.2, 0) is 19.7 Å². The standard InChI is InChI=1S/C14H23NO4S2/c1-4-15-14(9-6-10-20(2,16)17)12-7-5-8-13(11-12)21(3,18)19/h5,7-8,11,14-15H,4,6,9-10H2,1-3H3. The van der Waals surface area contributed by atoms with Gasteiger partial charge in [0.25, 0.3) is 0 Å². The first-order valence-electron chi connectivity index (χ1n) is 6.84. The van der Waals surface area contributed by atoms with E-state index in [0.717, 1.165) is 12.1 Å². The molecule has 0 aliphatic carbocycles. The highest BCUT2D eigenvalue weighted by atomic mass is 32.2. The second-order valence-electron chi connectivity index (χ2n) is 5.23. The zero-order valence-electron chi connectivity index (χ0n) is 12.7. The van der Waals surface area contributed by atoms with Crippen molar-refractivity contribution in [2.24, 2.45) is 0 Å². The molecule has 1 atom stereocenters. The summed E-state index contributed by atoms with van der Waals surface area (Å²) < 4.78 is 45.6. The minimum atomic E-state index is -3.24. The molecule has 0 aromatic heterocycles. The smallest absolute Gasteiger partial charge is 0.175 e. The Balaban J connectivity index is 2.90. The Labute approximate surface area is 127 Å². The molecule has 5 nitrogen and oxygen atoms in total. The summed E-state index contributed by atoms with van der Waals surface area (Å²) in [7, 11) is -6.21. The molecule has 1 rings (SSSR count). The molecule has 1 unspecified atom stereocenters. The lowest BCUT2D eigenvalue weighted by atomic mass is 10.0. The molecular formula is C14H23NO4S2. The van der Waals surface area contributed by atoms with Crippen molar-refractivity contribution in [2.75, 3.05) is 24.8 Å². The van der Waals surface area contributed by atoms with E-state index in [4.69, 9.17) is 0 Å². The average molecular weight is 333 g/mol.